The van der Waals surface area contributed by atoms with E-state index in [1.807, 2.05) is 51.1 Å². The van der Waals surface area contributed by atoms with Gasteiger partial charge >= 0.3 is 0 Å². The fourth-order valence-electron chi connectivity index (χ4n) is 2.39. The van der Waals surface area contributed by atoms with Gasteiger partial charge in [-0.05, 0) is 32.9 Å². The summed E-state index contributed by atoms with van der Waals surface area (Å²) in [4.78, 5) is 14.0. The fraction of sp³-hybridized carbons (Fsp3) is 0.533. The molecule has 2 rings (SSSR count). The molecule has 1 amide bonds. The second kappa shape index (κ2) is 5.61. The monoisotopic (exact) mass is 263 g/mol. The number of amides is 1. The van der Waals surface area contributed by atoms with Gasteiger partial charge in [0.1, 0.15) is 12.0 Å². The molecular formula is C15H21NO3. The maximum atomic E-state index is 12.2. The van der Waals surface area contributed by atoms with Crippen LogP contribution >= 0.6 is 0 Å². The van der Waals surface area contributed by atoms with Crippen molar-refractivity contribution in [2.24, 2.45) is 0 Å². The van der Waals surface area contributed by atoms with Gasteiger partial charge in [0.15, 0.2) is 0 Å². The third-order valence-corrected chi connectivity index (χ3v) is 3.29. The first-order valence-electron chi connectivity index (χ1n) is 6.62. The predicted molar refractivity (Wildman–Crippen MR) is 72.9 cm³/mol. The maximum Gasteiger partial charge on any atom is 0.228 e. The zero-order valence-corrected chi connectivity index (χ0v) is 11.8. The lowest BCUT2D eigenvalue weighted by Crippen LogP contribution is -2.47. The second-order valence-corrected chi connectivity index (χ2v) is 5.40. The van der Waals surface area contributed by atoms with E-state index in [2.05, 4.69) is 0 Å². The summed E-state index contributed by atoms with van der Waals surface area (Å²) in [6.45, 7) is 6.92. The zero-order chi connectivity index (χ0) is 13.9. The largest absolute Gasteiger partial charge is 0.493 e. The van der Waals surface area contributed by atoms with E-state index >= 15 is 0 Å². The van der Waals surface area contributed by atoms with Crippen LogP contribution in [0.5, 0.6) is 5.75 Å². The normalized spacial score (nSPS) is 21.4. The molecule has 0 saturated carbocycles. The molecule has 4 heteroatoms. The van der Waals surface area contributed by atoms with E-state index in [4.69, 9.17) is 9.47 Å². The van der Waals surface area contributed by atoms with Gasteiger partial charge in [0.05, 0.1) is 25.2 Å². The molecule has 1 aromatic carbocycles. The lowest BCUT2D eigenvalue weighted by molar-refractivity contribution is -0.139. The quantitative estimate of drug-likeness (QED) is 0.837. The minimum Gasteiger partial charge on any atom is -0.493 e. The molecule has 0 aromatic heterocycles. The number of para-hydroxylation sites is 1. The third kappa shape index (κ3) is 3.26. The summed E-state index contributed by atoms with van der Waals surface area (Å²) < 4.78 is 11.1. The molecule has 1 saturated heterocycles. The van der Waals surface area contributed by atoms with E-state index < -0.39 is 0 Å². The van der Waals surface area contributed by atoms with E-state index in [0.29, 0.717) is 19.6 Å². The number of nitrogens with zero attached hydrogens (tertiary/aromatic N) is 1. The summed E-state index contributed by atoms with van der Waals surface area (Å²) in [5.41, 5.74) is -0.233. The van der Waals surface area contributed by atoms with Crippen LogP contribution in [0.4, 0.5) is 0 Å². The van der Waals surface area contributed by atoms with Gasteiger partial charge in [0, 0.05) is 0 Å². The summed E-state index contributed by atoms with van der Waals surface area (Å²) in [5, 5.41) is 0. The number of benzene rings is 1. The Kier molecular flexibility index (Phi) is 4.10. The van der Waals surface area contributed by atoms with Gasteiger partial charge in [-0.1, -0.05) is 18.2 Å². The first-order valence-corrected chi connectivity index (χ1v) is 6.62. The molecule has 1 fully saturated rings. The Morgan fingerprint density at radius 1 is 1.42 bits per heavy atom. The average Bonchev–Trinajstić information content (AvgIpc) is 2.64. The maximum absolute atomic E-state index is 12.2. The molecule has 0 bridgehead atoms. The van der Waals surface area contributed by atoms with E-state index in [1.54, 1.807) is 4.90 Å². The van der Waals surface area contributed by atoms with Gasteiger partial charge in [-0.3, -0.25) is 4.79 Å². The number of ether oxygens (including phenoxy) is 2. The number of hydrogen-bond acceptors (Lipinski definition) is 3. The van der Waals surface area contributed by atoms with Crippen LogP contribution in [0.25, 0.3) is 0 Å². The topological polar surface area (TPSA) is 38.8 Å². The molecule has 1 unspecified atom stereocenters. The van der Waals surface area contributed by atoms with Crippen molar-refractivity contribution in [2.75, 3.05) is 13.2 Å². The Morgan fingerprint density at radius 3 is 2.68 bits per heavy atom. The minimum absolute atomic E-state index is 0.0749. The molecule has 1 aliphatic heterocycles. The van der Waals surface area contributed by atoms with E-state index in [1.165, 1.54) is 0 Å². The number of hydrogen-bond donors (Lipinski definition) is 0. The van der Waals surface area contributed by atoms with Crippen LogP contribution in [-0.4, -0.2) is 35.8 Å². The Morgan fingerprint density at radius 2 is 2.11 bits per heavy atom. The van der Waals surface area contributed by atoms with Crippen LogP contribution in [0.15, 0.2) is 30.3 Å². The predicted octanol–water partition coefficient (Wildman–Crippen LogP) is 2.44. The lowest BCUT2D eigenvalue weighted by atomic mass is 10.1. The first-order chi connectivity index (χ1) is 9.00. The van der Waals surface area contributed by atoms with Crippen molar-refractivity contribution in [1.82, 2.24) is 4.90 Å². The van der Waals surface area contributed by atoms with Crippen molar-refractivity contribution in [1.29, 1.82) is 0 Å². The van der Waals surface area contributed by atoms with Gasteiger partial charge in [-0.25, -0.2) is 0 Å². The van der Waals surface area contributed by atoms with Gasteiger partial charge in [-0.2, -0.15) is 0 Å². The van der Waals surface area contributed by atoms with Crippen molar-refractivity contribution < 1.29 is 14.3 Å². The van der Waals surface area contributed by atoms with Gasteiger partial charge in [0.2, 0.25) is 5.91 Å². The van der Waals surface area contributed by atoms with Crippen molar-refractivity contribution >= 4 is 5.91 Å². The molecule has 19 heavy (non-hydrogen) atoms. The van der Waals surface area contributed by atoms with E-state index in [-0.39, 0.29) is 17.7 Å². The third-order valence-electron chi connectivity index (χ3n) is 3.29. The zero-order valence-electron chi connectivity index (χ0n) is 11.8. The van der Waals surface area contributed by atoms with Crippen molar-refractivity contribution in [3.05, 3.63) is 30.3 Å². The second-order valence-electron chi connectivity index (χ2n) is 5.40. The molecule has 0 aliphatic carbocycles. The highest BCUT2D eigenvalue weighted by Gasteiger charge is 2.40. The Labute approximate surface area is 114 Å². The van der Waals surface area contributed by atoms with E-state index in [0.717, 1.165) is 5.75 Å². The van der Waals surface area contributed by atoms with Crippen molar-refractivity contribution in [2.45, 2.75) is 39.0 Å². The van der Waals surface area contributed by atoms with Crippen molar-refractivity contribution in [3.8, 4) is 5.75 Å². The molecular weight excluding hydrogens is 242 g/mol. The molecule has 4 nitrogen and oxygen atoms in total. The summed E-state index contributed by atoms with van der Waals surface area (Å²) >= 11 is 0. The van der Waals surface area contributed by atoms with Gasteiger partial charge < -0.3 is 14.4 Å². The van der Waals surface area contributed by atoms with Crippen LogP contribution in [0.1, 0.15) is 27.2 Å². The molecule has 1 aliphatic rings. The van der Waals surface area contributed by atoms with Crippen LogP contribution in [0, 0.1) is 0 Å². The fourth-order valence-corrected chi connectivity index (χ4v) is 2.39. The minimum atomic E-state index is -0.233. The molecule has 0 N–H and O–H groups in total. The summed E-state index contributed by atoms with van der Waals surface area (Å²) in [6, 6.07) is 9.53. The highest BCUT2D eigenvalue weighted by molar-refractivity contribution is 5.77. The van der Waals surface area contributed by atoms with Crippen LogP contribution in [0.3, 0.4) is 0 Å². The summed E-state index contributed by atoms with van der Waals surface area (Å²) in [7, 11) is 0. The Hall–Kier alpha value is -1.55. The van der Waals surface area contributed by atoms with Gasteiger partial charge in [-0.15, -0.1) is 0 Å². The summed E-state index contributed by atoms with van der Waals surface area (Å²) in [6.07, 6.45) is 0.214. The molecule has 104 valence electrons. The SMILES string of the molecule is CC1OCC(C)(C)N1C(=O)CCOc1ccccc1. The smallest absolute Gasteiger partial charge is 0.228 e. The van der Waals surface area contributed by atoms with Gasteiger partial charge in [0.25, 0.3) is 0 Å². The highest BCUT2D eigenvalue weighted by Crippen LogP contribution is 2.27. The molecule has 1 aromatic rings. The molecule has 1 heterocycles. The highest BCUT2D eigenvalue weighted by atomic mass is 16.5. The Bertz CT molecular complexity index is 430. The lowest BCUT2D eigenvalue weighted by Gasteiger charge is -2.32. The van der Waals surface area contributed by atoms with Crippen molar-refractivity contribution in [3.63, 3.8) is 0 Å². The number of carbonyl (C=O) groups is 1. The average molecular weight is 263 g/mol. The molecule has 0 radical (unpaired) electrons. The molecule has 0 spiro atoms. The molecule has 1 atom stereocenters. The standard InChI is InChI=1S/C15H21NO3/c1-12-16(15(2,3)11-19-12)14(17)9-10-18-13-7-5-4-6-8-13/h4-8,12H,9-11H2,1-3H3. The van der Waals surface area contributed by atoms with Crippen LogP contribution in [-0.2, 0) is 9.53 Å². The van der Waals surface area contributed by atoms with Crippen LogP contribution < -0.4 is 4.74 Å². The number of rotatable bonds is 4. The summed E-state index contributed by atoms with van der Waals surface area (Å²) in [5.74, 6) is 0.867. The van der Waals surface area contributed by atoms with Crippen LogP contribution in [0.2, 0.25) is 0 Å². The van der Waals surface area contributed by atoms with E-state index in [9.17, 15) is 4.79 Å². The first kappa shape index (κ1) is 13.9. The Balaban J connectivity index is 1.85. The number of carbonyl (C=O) groups excluding carboxylic acids is 1.